The average molecular weight is 325 g/mol. The van der Waals surface area contributed by atoms with E-state index in [2.05, 4.69) is 6.92 Å². The smallest absolute Gasteiger partial charge is 0.119 e. The monoisotopic (exact) mass is 325 g/mol. The summed E-state index contributed by atoms with van der Waals surface area (Å²) in [7, 11) is 0. The molecule has 0 unspecified atom stereocenters. The van der Waals surface area contributed by atoms with Crippen molar-refractivity contribution in [3.63, 3.8) is 0 Å². The van der Waals surface area contributed by atoms with Gasteiger partial charge in [-0.1, -0.05) is 25.5 Å². The van der Waals surface area contributed by atoms with Crippen molar-refractivity contribution >= 4 is 0 Å². The second-order valence-corrected chi connectivity index (χ2v) is 6.07. The minimum atomic E-state index is -1.22. The summed E-state index contributed by atoms with van der Waals surface area (Å²) < 4.78 is 5.62. The summed E-state index contributed by atoms with van der Waals surface area (Å²) in [5, 5.41) is 39.0. The summed E-state index contributed by atoms with van der Waals surface area (Å²) in [5.74, 6) is 0.815. The number of aliphatic hydroxyl groups is 4. The molecule has 0 saturated carbocycles. The number of benzene rings is 1. The standard InChI is InChI=1S/C17H27NO5/c1-2-3-8-23-13-6-4-12(5-7-13)9-18-10-15(20)17(22)16(21)14(18)11-19/h4-7,14-17,19-22H,2-3,8-11H2,1H3/t14-,15+,16-,17-/m1/s1. The van der Waals surface area contributed by atoms with Gasteiger partial charge in [0.05, 0.1) is 25.4 Å². The van der Waals surface area contributed by atoms with Crippen molar-refractivity contribution in [3.05, 3.63) is 29.8 Å². The SMILES string of the molecule is CCCCOc1ccc(CN2C[C@H](O)[C@@H](O)[C@H](O)[C@H]2CO)cc1. The van der Waals surface area contributed by atoms with E-state index in [1.54, 1.807) is 4.90 Å². The highest BCUT2D eigenvalue weighted by Gasteiger charge is 2.40. The van der Waals surface area contributed by atoms with Gasteiger partial charge in [0.1, 0.15) is 18.0 Å². The Balaban J connectivity index is 1.97. The summed E-state index contributed by atoms with van der Waals surface area (Å²) in [6, 6.07) is 7.06. The van der Waals surface area contributed by atoms with E-state index in [0.717, 1.165) is 24.2 Å². The predicted octanol–water partition coefficient (Wildman–Crippen LogP) is 0.125. The number of unbranched alkanes of at least 4 members (excludes halogenated alkanes) is 1. The molecule has 6 heteroatoms. The molecule has 6 nitrogen and oxygen atoms in total. The second-order valence-electron chi connectivity index (χ2n) is 6.07. The number of β-amino-alcohol motifs (C(OH)–C–C–N with tert-alkyl or cyclic N) is 1. The maximum absolute atomic E-state index is 9.99. The maximum atomic E-state index is 9.99. The summed E-state index contributed by atoms with van der Waals surface area (Å²) >= 11 is 0. The minimum Gasteiger partial charge on any atom is -0.494 e. The Morgan fingerprint density at radius 2 is 1.83 bits per heavy atom. The predicted molar refractivity (Wildman–Crippen MR) is 86.1 cm³/mol. The van der Waals surface area contributed by atoms with Crippen LogP contribution in [0.4, 0.5) is 0 Å². The molecule has 0 bridgehead atoms. The molecule has 1 aliphatic heterocycles. The van der Waals surface area contributed by atoms with Gasteiger partial charge < -0.3 is 25.2 Å². The molecule has 1 aromatic carbocycles. The molecule has 1 heterocycles. The lowest BCUT2D eigenvalue weighted by Gasteiger charge is -2.43. The van der Waals surface area contributed by atoms with Gasteiger partial charge in [0.2, 0.25) is 0 Å². The van der Waals surface area contributed by atoms with Crippen LogP contribution in [0.15, 0.2) is 24.3 Å². The zero-order valence-electron chi connectivity index (χ0n) is 13.5. The van der Waals surface area contributed by atoms with Gasteiger partial charge >= 0.3 is 0 Å². The molecular weight excluding hydrogens is 298 g/mol. The Hall–Kier alpha value is -1.18. The Morgan fingerprint density at radius 1 is 1.13 bits per heavy atom. The van der Waals surface area contributed by atoms with Gasteiger partial charge in [0, 0.05) is 13.1 Å². The van der Waals surface area contributed by atoms with Crippen molar-refractivity contribution in [2.45, 2.75) is 50.7 Å². The van der Waals surface area contributed by atoms with E-state index in [1.807, 2.05) is 24.3 Å². The van der Waals surface area contributed by atoms with Crippen molar-refractivity contribution in [1.29, 1.82) is 0 Å². The Kier molecular flexibility index (Phi) is 6.80. The Morgan fingerprint density at radius 3 is 2.43 bits per heavy atom. The number of likely N-dealkylation sites (tertiary alicyclic amines) is 1. The molecule has 1 saturated heterocycles. The van der Waals surface area contributed by atoms with Crippen LogP contribution in [0.5, 0.6) is 5.75 Å². The fourth-order valence-electron chi connectivity index (χ4n) is 2.82. The number of piperidine rings is 1. The average Bonchev–Trinajstić information content (AvgIpc) is 2.55. The lowest BCUT2D eigenvalue weighted by molar-refractivity contribution is -0.147. The van der Waals surface area contributed by atoms with Crippen LogP contribution in [0.1, 0.15) is 25.3 Å². The van der Waals surface area contributed by atoms with Crippen LogP contribution < -0.4 is 4.74 Å². The summed E-state index contributed by atoms with van der Waals surface area (Å²) in [5.41, 5.74) is 0.988. The third-order valence-corrected chi connectivity index (χ3v) is 4.29. The van der Waals surface area contributed by atoms with Gasteiger partial charge in [0.25, 0.3) is 0 Å². The zero-order valence-corrected chi connectivity index (χ0v) is 13.5. The van der Waals surface area contributed by atoms with Crippen LogP contribution >= 0.6 is 0 Å². The molecule has 0 aromatic heterocycles. The summed E-state index contributed by atoms with van der Waals surface area (Å²) in [6.07, 6.45) is -1.31. The lowest BCUT2D eigenvalue weighted by atomic mass is 9.94. The molecule has 2 rings (SSSR count). The van der Waals surface area contributed by atoms with E-state index < -0.39 is 24.4 Å². The van der Waals surface area contributed by atoms with Crippen molar-refractivity contribution in [1.82, 2.24) is 4.90 Å². The number of nitrogens with zero attached hydrogens (tertiary/aromatic N) is 1. The van der Waals surface area contributed by atoms with Crippen molar-refractivity contribution < 1.29 is 25.2 Å². The number of aliphatic hydroxyl groups excluding tert-OH is 4. The fraction of sp³-hybridized carbons (Fsp3) is 0.647. The minimum absolute atomic E-state index is 0.207. The van der Waals surface area contributed by atoms with E-state index in [-0.39, 0.29) is 13.2 Å². The third-order valence-electron chi connectivity index (χ3n) is 4.29. The van der Waals surface area contributed by atoms with Crippen LogP contribution in [0, 0.1) is 0 Å². The van der Waals surface area contributed by atoms with Gasteiger partial charge in [0.15, 0.2) is 0 Å². The first-order valence-electron chi connectivity index (χ1n) is 8.17. The van der Waals surface area contributed by atoms with Crippen LogP contribution in [-0.4, -0.2) is 69.4 Å². The Bertz CT molecular complexity index is 467. The topological polar surface area (TPSA) is 93.4 Å². The molecule has 1 aliphatic rings. The molecular formula is C17H27NO5. The lowest BCUT2D eigenvalue weighted by Crippen LogP contribution is -2.62. The van der Waals surface area contributed by atoms with E-state index >= 15 is 0 Å². The normalized spacial score (nSPS) is 28.7. The summed E-state index contributed by atoms with van der Waals surface area (Å²) in [6.45, 7) is 3.22. The van der Waals surface area contributed by atoms with Crippen LogP contribution in [0.3, 0.4) is 0 Å². The zero-order chi connectivity index (χ0) is 16.8. The molecule has 1 aromatic rings. The van der Waals surface area contributed by atoms with Gasteiger partial charge in [-0.3, -0.25) is 4.90 Å². The van der Waals surface area contributed by atoms with Crippen molar-refractivity contribution in [2.24, 2.45) is 0 Å². The van der Waals surface area contributed by atoms with E-state index in [0.29, 0.717) is 13.2 Å². The highest BCUT2D eigenvalue weighted by Crippen LogP contribution is 2.22. The maximum Gasteiger partial charge on any atom is 0.119 e. The summed E-state index contributed by atoms with van der Waals surface area (Å²) in [4.78, 5) is 1.79. The molecule has 23 heavy (non-hydrogen) atoms. The Labute approximate surface area is 136 Å². The molecule has 0 amide bonds. The highest BCUT2D eigenvalue weighted by atomic mass is 16.5. The van der Waals surface area contributed by atoms with Crippen LogP contribution in [0.2, 0.25) is 0 Å². The largest absolute Gasteiger partial charge is 0.494 e. The molecule has 0 aliphatic carbocycles. The van der Waals surface area contributed by atoms with Gasteiger partial charge in [-0.2, -0.15) is 0 Å². The van der Waals surface area contributed by atoms with Gasteiger partial charge in [-0.25, -0.2) is 0 Å². The van der Waals surface area contributed by atoms with Gasteiger partial charge in [-0.05, 0) is 24.1 Å². The molecule has 1 fully saturated rings. The van der Waals surface area contributed by atoms with Crippen LogP contribution in [0.25, 0.3) is 0 Å². The van der Waals surface area contributed by atoms with Crippen molar-refractivity contribution in [2.75, 3.05) is 19.8 Å². The fourth-order valence-corrected chi connectivity index (χ4v) is 2.82. The first-order chi connectivity index (χ1) is 11.1. The number of ether oxygens (including phenoxy) is 1. The van der Waals surface area contributed by atoms with Crippen LogP contribution in [-0.2, 0) is 6.54 Å². The first-order valence-corrected chi connectivity index (χ1v) is 8.17. The molecule has 4 N–H and O–H groups in total. The highest BCUT2D eigenvalue weighted by molar-refractivity contribution is 5.27. The molecule has 0 radical (unpaired) electrons. The van der Waals surface area contributed by atoms with E-state index in [9.17, 15) is 20.4 Å². The molecule has 130 valence electrons. The van der Waals surface area contributed by atoms with Crippen molar-refractivity contribution in [3.8, 4) is 5.75 Å². The second kappa shape index (κ2) is 8.61. The number of hydrogen-bond acceptors (Lipinski definition) is 6. The van der Waals surface area contributed by atoms with E-state index in [4.69, 9.17) is 4.74 Å². The number of hydrogen-bond donors (Lipinski definition) is 4. The number of rotatable bonds is 7. The van der Waals surface area contributed by atoms with Gasteiger partial charge in [-0.15, -0.1) is 0 Å². The molecule has 0 spiro atoms. The van der Waals surface area contributed by atoms with E-state index in [1.165, 1.54) is 0 Å². The third kappa shape index (κ3) is 4.65. The quantitative estimate of drug-likeness (QED) is 0.532. The molecule has 4 atom stereocenters. The first kappa shape index (κ1) is 18.2.